The fourth-order valence-corrected chi connectivity index (χ4v) is 2.12. The summed E-state index contributed by atoms with van der Waals surface area (Å²) in [7, 11) is 0. The molecule has 0 aliphatic heterocycles. The number of aromatic nitrogens is 1. The molecule has 2 rings (SSSR count). The van der Waals surface area contributed by atoms with E-state index in [1.54, 1.807) is 24.5 Å². The molecule has 1 N–H and O–H groups in total. The van der Waals surface area contributed by atoms with Crippen molar-refractivity contribution < 1.29 is 9.13 Å². The van der Waals surface area contributed by atoms with Crippen LogP contribution < -0.4 is 10.1 Å². The van der Waals surface area contributed by atoms with Gasteiger partial charge in [0.15, 0.2) is 0 Å². The van der Waals surface area contributed by atoms with E-state index in [1.807, 2.05) is 19.1 Å². The molecule has 3 nitrogen and oxygen atoms in total. The van der Waals surface area contributed by atoms with Crippen LogP contribution in [0.5, 0.6) is 5.75 Å². The van der Waals surface area contributed by atoms with E-state index in [0.29, 0.717) is 24.5 Å². The van der Waals surface area contributed by atoms with Crippen molar-refractivity contribution in [1.29, 1.82) is 0 Å². The summed E-state index contributed by atoms with van der Waals surface area (Å²) in [6, 6.07) is 7.12. The van der Waals surface area contributed by atoms with Crippen LogP contribution in [0.4, 0.5) is 4.39 Å². The van der Waals surface area contributed by atoms with Crippen molar-refractivity contribution >= 4 is 0 Å². The normalized spacial score (nSPS) is 10.6. The Labute approximate surface area is 125 Å². The van der Waals surface area contributed by atoms with Gasteiger partial charge in [-0.25, -0.2) is 4.39 Å². The fraction of sp³-hybridized carbons (Fsp3) is 0.353. The van der Waals surface area contributed by atoms with E-state index in [9.17, 15) is 4.39 Å². The highest BCUT2D eigenvalue weighted by Gasteiger charge is 2.08. The Morgan fingerprint density at radius 3 is 2.76 bits per heavy atom. The lowest BCUT2D eigenvalue weighted by molar-refractivity contribution is 0.339. The van der Waals surface area contributed by atoms with Crippen LogP contribution in [0.15, 0.2) is 36.7 Å². The van der Waals surface area contributed by atoms with Crippen LogP contribution in [0.2, 0.25) is 0 Å². The number of hydrogen-bond acceptors (Lipinski definition) is 3. The van der Waals surface area contributed by atoms with E-state index in [1.165, 1.54) is 0 Å². The minimum atomic E-state index is -0.235. The SMILES string of the molecule is CCCNCc1ccc(-c2cncc(OCC)c2)c(F)c1. The number of nitrogens with one attached hydrogen (secondary N) is 1. The molecule has 1 aromatic heterocycles. The van der Waals surface area contributed by atoms with Gasteiger partial charge in [-0.3, -0.25) is 4.98 Å². The number of pyridine rings is 1. The number of halogens is 1. The van der Waals surface area contributed by atoms with Crippen LogP contribution >= 0.6 is 0 Å². The van der Waals surface area contributed by atoms with E-state index in [2.05, 4.69) is 17.2 Å². The highest BCUT2D eigenvalue weighted by Crippen LogP contribution is 2.26. The van der Waals surface area contributed by atoms with E-state index in [-0.39, 0.29) is 5.82 Å². The Kier molecular flexibility index (Phi) is 5.69. The molecule has 0 amide bonds. The molecule has 0 spiro atoms. The maximum absolute atomic E-state index is 14.3. The van der Waals surface area contributed by atoms with Gasteiger partial charge in [-0.15, -0.1) is 0 Å². The standard InChI is InChI=1S/C17H21FN2O/c1-3-7-19-10-13-5-6-16(17(18)8-13)14-9-15(21-4-2)12-20-11-14/h5-6,8-9,11-12,19H,3-4,7,10H2,1-2H3. The van der Waals surface area contributed by atoms with Gasteiger partial charge in [-0.05, 0) is 37.6 Å². The Morgan fingerprint density at radius 2 is 2.05 bits per heavy atom. The Balaban J connectivity index is 2.18. The molecule has 0 unspecified atom stereocenters. The van der Waals surface area contributed by atoms with Crippen LogP contribution in [0.3, 0.4) is 0 Å². The molecular weight excluding hydrogens is 267 g/mol. The first-order valence-corrected chi connectivity index (χ1v) is 7.32. The van der Waals surface area contributed by atoms with Gasteiger partial charge >= 0.3 is 0 Å². The summed E-state index contributed by atoms with van der Waals surface area (Å²) in [4.78, 5) is 4.10. The molecule has 0 aliphatic rings. The van der Waals surface area contributed by atoms with Crippen LogP contribution in [-0.4, -0.2) is 18.1 Å². The first kappa shape index (κ1) is 15.4. The van der Waals surface area contributed by atoms with Gasteiger partial charge in [0, 0.05) is 23.9 Å². The summed E-state index contributed by atoms with van der Waals surface area (Å²) >= 11 is 0. The van der Waals surface area contributed by atoms with Crippen LogP contribution in [-0.2, 0) is 6.54 Å². The third kappa shape index (κ3) is 4.26. The summed E-state index contributed by atoms with van der Waals surface area (Å²) in [5.74, 6) is 0.421. The molecule has 4 heteroatoms. The number of nitrogens with zero attached hydrogens (tertiary/aromatic N) is 1. The minimum Gasteiger partial charge on any atom is -0.492 e. The summed E-state index contributed by atoms with van der Waals surface area (Å²) in [5, 5.41) is 3.26. The van der Waals surface area contributed by atoms with E-state index in [0.717, 1.165) is 24.1 Å². The molecular formula is C17H21FN2O. The first-order valence-electron chi connectivity index (χ1n) is 7.32. The van der Waals surface area contributed by atoms with E-state index < -0.39 is 0 Å². The maximum atomic E-state index is 14.3. The number of benzene rings is 1. The topological polar surface area (TPSA) is 34.2 Å². The summed E-state index contributed by atoms with van der Waals surface area (Å²) in [6.07, 6.45) is 4.35. The van der Waals surface area contributed by atoms with Gasteiger partial charge < -0.3 is 10.1 Å². The molecule has 21 heavy (non-hydrogen) atoms. The zero-order chi connectivity index (χ0) is 15.1. The average Bonchev–Trinajstić information content (AvgIpc) is 2.48. The van der Waals surface area contributed by atoms with Gasteiger partial charge in [0.1, 0.15) is 11.6 Å². The Hall–Kier alpha value is -1.94. The van der Waals surface area contributed by atoms with Crippen molar-refractivity contribution in [2.75, 3.05) is 13.2 Å². The lowest BCUT2D eigenvalue weighted by Crippen LogP contribution is -2.13. The third-order valence-electron chi connectivity index (χ3n) is 3.12. The number of rotatable bonds is 7. The molecule has 0 radical (unpaired) electrons. The van der Waals surface area contributed by atoms with Crippen LogP contribution in [0.25, 0.3) is 11.1 Å². The molecule has 0 saturated heterocycles. The zero-order valence-corrected chi connectivity index (χ0v) is 12.5. The minimum absolute atomic E-state index is 0.235. The zero-order valence-electron chi connectivity index (χ0n) is 12.5. The monoisotopic (exact) mass is 288 g/mol. The van der Waals surface area contributed by atoms with Crippen LogP contribution in [0, 0.1) is 5.82 Å². The molecule has 0 saturated carbocycles. The van der Waals surface area contributed by atoms with Gasteiger partial charge in [0.05, 0.1) is 12.8 Å². The first-order chi connectivity index (χ1) is 10.2. The van der Waals surface area contributed by atoms with Gasteiger partial charge in [-0.2, -0.15) is 0 Å². The van der Waals surface area contributed by atoms with Gasteiger partial charge in [0.2, 0.25) is 0 Å². The number of hydrogen-bond donors (Lipinski definition) is 1. The molecule has 2 aromatic rings. The molecule has 0 aliphatic carbocycles. The molecule has 1 heterocycles. The molecule has 1 aromatic carbocycles. The van der Waals surface area contributed by atoms with Gasteiger partial charge in [-0.1, -0.05) is 19.1 Å². The maximum Gasteiger partial charge on any atom is 0.138 e. The molecule has 0 fully saturated rings. The Morgan fingerprint density at radius 1 is 1.19 bits per heavy atom. The second kappa shape index (κ2) is 7.74. The van der Waals surface area contributed by atoms with Crippen LogP contribution in [0.1, 0.15) is 25.8 Å². The van der Waals surface area contributed by atoms with Gasteiger partial charge in [0.25, 0.3) is 0 Å². The van der Waals surface area contributed by atoms with E-state index in [4.69, 9.17) is 4.74 Å². The summed E-state index contributed by atoms with van der Waals surface area (Å²) in [5.41, 5.74) is 2.22. The average molecular weight is 288 g/mol. The Bertz CT molecular complexity index is 587. The second-order valence-electron chi connectivity index (χ2n) is 4.83. The van der Waals surface area contributed by atoms with Crippen molar-refractivity contribution in [3.8, 4) is 16.9 Å². The molecule has 0 bridgehead atoms. The molecule has 112 valence electrons. The highest BCUT2D eigenvalue weighted by molar-refractivity contribution is 5.64. The lowest BCUT2D eigenvalue weighted by Gasteiger charge is -2.09. The summed E-state index contributed by atoms with van der Waals surface area (Å²) in [6.45, 7) is 6.20. The molecule has 0 atom stereocenters. The predicted molar refractivity (Wildman–Crippen MR) is 82.8 cm³/mol. The summed E-state index contributed by atoms with van der Waals surface area (Å²) < 4.78 is 19.7. The smallest absolute Gasteiger partial charge is 0.138 e. The quantitative estimate of drug-likeness (QED) is 0.787. The third-order valence-corrected chi connectivity index (χ3v) is 3.12. The number of ether oxygens (including phenoxy) is 1. The second-order valence-corrected chi connectivity index (χ2v) is 4.83. The van der Waals surface area contributed by atoms with E-state index >= 15 is 0 Å². The van der Waals surface area contributed by atoms with Crippen molar-refractivity contribution in [3.63, 3.8) is 0 Å². The largest absolute Gasteiger partial charge is 0.492 e. The van der Waals surface area contributed by atoms with Crippen molar-refractivity contribution in [3.05, 3.63) is 48.0 Å². The lowest BCUT2D eigenvalue weighted by atomic mass is 10.0. The van der Waals surface area contributed by atoms with Crippen molar-refractivity contribution in [1.82, 2.24) is 10.3 Å². The highest BCUT2D eigenvalue weighted by atomic mass is 19.1. The van der Waals surface area contributed by atoms with Crippen molar-refractivity contribution in [2.24, 2.45) is 0 Å². The predicted octanol–water partition coefficient (Wildman–Crippen LogP) is 3.79. The fourth-order valence-electron chi connectivity index (χ4n) is 2.12. The van der Waals surface area contributed by atoms with Crippen molar-refractivity contribution in [2.45, 2.75) is 26.8 Å².